The van der Waals surface area contributed by atoms with Crippen LogP contribution in [0.4, 0.5) is 4.39 Å². The van der Waals surface area contributed by atoms with Crippen LogP contribution in [0.1, 0.15) is 29.8 Å². The molecule has 1 amide bonds. The average Bonchev–Trinajstić information content (AvgIpc) is 2.68. The van der Waals surface area contributed by atoms with Crippen molar-refractivity contribution in [2.75, 3.05) is 20.2 Å². The molecule has 0 heterocycles. The third-order valence-electron chi connectivity index (χ3n) is 4.20. The lowest BCUT2D eigenvalue weighted by atomic mass is 10.1. The minimum absolute atomic E-state index is 0.0335. The van der Waals surface area contributed by atoms with Crippen molar-refractivity contribution >= 4 is 31.9 Å². The van der Waals surface area contributed by atoms with Crippen LogP contribution in [0.25, 0.3) is 0 Å². The maximum Gasteiger partial charge on any atom is 0.251 e. The van der Waals surface area contributed by atoms with Gasteiger partial charge in [-0.15, -0.1) is 0 Å². The largest absolute Gasteiger partial charge is 0.495 e. The smallest absolute Gasteiger partial charge is 0.251 e. The molecule has 0 atom stereocenters. The summed E-state index contributed by atoms with van der Waals surface area (Å²) in [6.07, 6.45) is 0. The van der Waals surface area contributed by atoms with Gasteiger partial charge in [0.1, 0.15) is 16.5 Å². The minimum atomic E-state index is -3.82. The second-order valence-electron chi connectivity index (χ2n) is 5.87. The van der Waals surface area contributed by atoms with E-state index in [1.54, 1.807) is 26.0 Å². The van der Waals surface area contributed by atoms with Crippen LogP contribution in [0.15, 0.2) is 45.8 Å². The highest BCUT2D eigenvalue weighted by Gasteiger charge is 2.26. The Morgan fingerprint density at radius 3 is 2.46 bits per heavy atom. The molecule has 6 nitrogen and oxygen atoms in total. The maximum absolute atomic E-state index is 13.8. The molecular weight excluding hydrogens is 451 g/mol. The molecule has 0 fully saturated rings. The zero-order chi connectivity index (χ0) is 20.9. The quantitative estimate of drug-likeness (QED) is 0.637. The van der Waals surface area contributed by atoms with Crippen molar-refractivity contribution in [2.24, 2.45) is 0 Å². The molecule has 0 aliphatic rings. The highest BCUT2D eigenvalue weighted by Crippen LogP contribution is 2.28. The first-order chi connectivity index (χ1) is 13.2. The van der Waals surface area contributed by atoms with E-state index >= 15 is 0 Å². The van der Waals surface area contributed by atoms with Gasteiger partial charge in [-0.05, 0) is 36.4 Å². The number of hydrogen-bond acceptors (Lipinski definition) is 4. The summed E-state index contributed by atoms with van der Waals surface area (Å²) < 4.78 is 46.7. The molecule has 2 aromatic carbocycles. The Kier molecular flexibility index (Phi) is 7.56. The van der Waals surface area contributed by atoms with Gasteiger partial charge in [0.2, 0.25) is 10.0 Å². The van der Waals surface area contributed by atoms with Gasteiger partial charge in [-0.2, -0.15) is 4.31 Å². The Morgan fingerprint density at radius 2 is 1.86 bits per heavy atom. The van der Waals surface area contributed by atoms with E-state index in [0.717, 1.165) is 0 Å². The molecule has 0 aromatic heterocycles. The lowest BCUT2D eigenvalue weighted by Gasteiger charge is -2.20. The number of sulfonamides is 1. The van der Waals surface area contributed by atoms with Gasteiger partial charge in [0.25, 0.3) is 5.91 Å². The van der Waals surface area contributed by atoms with Crippen LogP contribution in [-0.4, -0.2) is 38.8 Å². The summed E-state index contributed by atoms with van der Waals surface area (Å²) in [5.74, 6) is -0.803. The van der Waals surface area contributed by atoms with Crippen molar-refractivity contribution < 1.29 is 22.3 Å². The highest BCUT2D eigenvalue weighted by atomic mass is 79.9. The lowest BCUT2D eigenvalue weighted by Crippen LogP contribution is -2.31. The van der Waals surface area contributed by atoms with Gasteiger partial charge in [-0.3, -0.25) is 4.79 Å². The molecule has 9 heteroatoms. The Bertz CT molecular complexity index is 962. The van der Waals surface area contributed by atoms with E-state index in [0.29, 0.717) is 23.1 Å². The Labute approximate surface area is 172 Å². The summed E-state index contributed by atoms with van der Waals surface area (Å²) in [7, 11) is -2.45. The molecule has 0 bridgehead atoms. The predicted molar refractivity (Wildman–Crippen MR) is 108 cm³/mol. The minimum Gasteiger partial charge on any atom is -0.495 e. The monoisotopic (exact) mass is 472 g/mol. The van der Waals surface area contributed by atoms with Crippen molar-refractivity contribution in [1.82, 2.24) is 9.62 Å². The third kappa shape index (κ3) is 4.89. The number of benzene rings is 2. The fourth-order valence-electron chi connectivity index (χ4n) is 2.68. The van der Waals surface area contributed by atoms with Crippen LogP contribution in [0.3, 0.4) is 0 Å². The van der Waals surface area contributed by atoms with Crippen LogP contribution in [0.2, 0.25) is 0 Å². The first kappa shape index (κ1) is 22.3. The molecule has 0 unspecified atom stereocenters. The summed E-state index contributed by atoms with van der Waals surface area (Å²) in [5, 5.41) is 2.61. The first-order valence-corrected chi connectivity index (χ1v) is 10.9. The van der Waals surface area contributed by atoms with Crippen molar-refractivity contribution in [3.8, 4) is 5.75 Å². The number of carbonyl (C=O) groups is 1. The van der Waals surface area contributed by atoms with Gasteiger partial charge in [0, 0.05) is 35.2 Å². The molecule has 2 aromatic rings. The van der Waals surface area contributed by atoms with Gasteiger partial charge >= 0.3 is 0 Å². The Morgan fingerprint density at radius 1 is 1.18 bits per heavy atom. The van der Waals surface area contributed by atoms with Crippen molar-refractivity contribution in [1.29, 1.82) is 0 Å². The number of ether oxygens (including phenoxy) is 1. The SMILES string of the molecule is CCN(CC)S(=O)(=O)c1cc(C(=O)NCc2cc(Br)ccc2F)ccc1OC. The van der Waals surface area contributed by atoms with Gasteiger partial charge in [0.15, 0.2) is 0 Å². The number of amides is 1. The summed E-state index contributed by atoms with van der Waals surface area (Å²) in [6, 6.07) is 8.61. The van der Waals surface area contributed by atoms with Gasteiger partial charge in [-0.1, -0.05) is 29.8 Å². The first-order valence-electron chi connectivity index (χ1n) is 8.64. The second kappa shape index (κ2) is 9.49. The molecule has 0 saturated heterocycles. The molecule has 2 rings (SSSR count). The topological polar surface area (TPSA) is 75.7 Å². The molecule has 0 aliphatic heterocycles. The average molecular weight is 473 g/mol. The molecule has 0 saturated carbocycles. The molecule has 152 valence electrons. The zero-order valence-electron chi connectivity index (χ0n) is 15.8. The van der Waals surface area contributed by atoms with Gasteiger partial charge in [0.05, 0.1) is 7.11 Å². The fourth-order valence-corrected chi connectivity index (χ4v) is 4.73. The van der Waals surface area contributed by atoms with E-state index in [4.69, 9.17) is 4.74 Å². The van der Waals surface area contributed by atoms with E-state index < -0.39 is 21.7 Å². The maximum atomic E-state index is 13.8. The molecule has 0 spiro atoms. The van der Waals surface area contributed by atoms with Crippen LogP contribution < -0.4 is 10.1 Å². The second-order valence-corrected chi connectivity index (χ2v) is 8.70. The lowest BCUT2D eigenvalue weighted by molar-refractivity contribution is 0.0950. The number of hydrogen-bond donors (Lipinski definition) is 1. The Balaban J connectivity index is 2.31. The third-order valence-corrected chi connectivity index (χ3v) is 6.76. The van der Waals surface area contributed by atoms with E-state index in [1.165, 1.54) is 35.7 Å². The molecule has 0 aliphatic carbocycles. The van der Waals surface area contributed by atoms with E-state index in [1.807, 2.05) is 0 Å². The molecule has 0 radical (unpaired) electrons. The summed E-state index contributed by atoms with van der Waals surface area (Å²) in [6.45, 7) is 4.02. The normalized spacial score (nSPS) is 11.5. The van der Waals surface area contributed by atoms with Gasteiger partial charge in [-0.25, -0.2) is 12.8 Å². The number of rotatable bonds is 8. The number of nitrogens with one attached hydrogen (secondary N) is 1. The molecular formula is C19H22BrFN2O4S. The van der Waals surface area contributed by atoms with E-state index in [-0.39, 0.29) is 22.8 Å². The Hall–Kier alpha value is -1.97. The van der Waals surface area contributed by atoms with E-state index in [2.05, 4.69) is 21.2 Å². The molecule has 28 heavy (non-hydrogen) atoms. The van der Waals surface area contributed by atoms with E-state index in [9.17, 15) is 17.6 Å². The fraction of sp³-hybridized carbons (Fsp3) is 0.316. The predicted octanol–water partition coefficient (Wildman–Crippen LogP) is 3.56. The zero-order valence-corrected chi connectivity index (χ0v) is 18.2. The van der Waals surface area contributed by atoms with Gasteiger partial charge < -0.3 is 10.1 Å². The standard InChI is InChI=1S/C19H22BrFN2O4S/c1-4-23(5-2)28(25,26)18-11-13(6-9-17(18)27-3)19(24)22-12-14-10-15(20)7-8-16(14)21/h6-11H,4-5,12H2,1-3H3,(H,22,24). The number of nitrogens with zero attached hydrogens (tertiary/aromatic N) is 1. The highest BCUT2D eigenvalue weighted by molar-refractivity contribution is 9.10. The summed E-state index contributed by atoms with van der Waals surface area (Å²) in [5.41, 5.74) is 0.453. The van der Waals surface area contributed by atoms with Crippen molar-refractivity contribution in [3.05, 3.63) is 57.8 Å². The number of carbonyl (C=O) groups excluding carboxylic acids is 1. The summed E-state index contributed by atoms with van der Waals surface area (Å²) >= 11 is 3.26. The molecule has 1 N–H and O–H groups in total. The van der Waals surface area contributed by atoms with Crippen LogP contribution in [0.5, 0.6) is 5.75 Å². The van der Waals surface area contributed by atoms with Crippen molar-refractivity contribution in [3.63, 3.8) is 0 Å². The number of halogens is 2. The van der Waals surface area contributed by atoms with Crippen LogP contribution in [0, 0.1) is 5.82 Å². The number of methoxy groups -OCH3 is 1. The summed E-state index contributed by atoms with van der Waals surface area (Å²) in [4.78, 5) is 12.4. The van der Waals surface area contributed by atoms with Crippen LogP contribution >= 0.6 is 15.9 Å². The van der Waals surface area contributed by atoms with Crippen molar-refractivity contribution in [2.45, 2.75) is 25.3 Å². The van der Waals surface area contributed by atoms with Crippen LogP contribution in [-0.2, 0) is 16.6 Å².